The molecular weight excluding hydrogens is 162 g/mol. The van der Waals surface area contributed by atoms with Crippen LogP contribution in [0.4, 0.5) is 5.69 Å². The van der Waals surface area contributed by atoms with Gasteiger partial charge in [0.2, 0.25) is 0 Å². The van der Waals surface area contributed by atoms with Gasteiger partial charge in [-0.15, -0.1) is 0 Å². The standard InChI is InChI=1S/C10H15N3/c1-11-9-4-7-13(8-9)10-2-5-12-6-3-10/h2-3,5-6,9,11H,4,7-8H2,1H3/t9-/m0/s1. The minimum absolute atomic E-state index is 0.646. The lowest BCUT2D eigenvalue weighted by Gasteiger charge is -2.17. The second kappa shape index (κ2) is 3.75. The Kier molecular flexibility index (Phi) is 2.45. The fourth-order valence-corrected chi connectivity index (χ4v) is 1.79. The molecule has 1 aromatic rings. The Bertz CT molecular complexity index is 260. The number of nitrogens with zero attached hydrogens (tertiary/aromatic N) is 2. The summed E-state index contributed by atoms with van der Waals surface area (Å²) in [6, 6.07) is 4.78. The van der Waals surface area contributed by atoms with Gasteiger partial charge in [0.05, 0.1) is 0 Å². The van der Waals surface area contributed by atoms with E-state index in [0.29, 0.717) is 6.04 Å². The van der Waals surface area contributed by atoms with Crippen molar-refractivity contribution in [2.24, 2.45) is 0 Å². The first kappa shape index (κ1) is 8.51. The molecule has 1 N–H and O–H groups in total. The Hall–Kier alpha value is -1.09. The van der Waals surface area contributed by atoms with Crippen LogP contribution in [0, 0.1) is 0 Å². The van der Waals surface area contributed by atoms with Gasteiger partial charge in [-0.2, -0.15) is 0 Å². The number of hydrogen-bond donors (Lipinski definition) is 1. The van der Waals surface area contributed by atoms with Crippen molar-refractivity contribution in [3.8, 4) is 0 Å². The molecule has 0 unspecified atom stereocenters. The summed E-state index contributed by atoms with van der Waals surface area (Å²) in [6.07, 6.45) is 4.93. The van der Waals surface area contributed by atoms with E-state index in [4.69, 9.17) is 0 Å². The molecule has 0 aromatic carbocycles. The minimum Gasteiger partial charge on any atom is -0.370 e. The lowest BCUT2D eigenvalue weighted by Crippen LogP contribution is -2.29. The highest BCUT2D eigenvalue weighted by atomic mass is 15.2. The molecular formula is C10H15N3. The number of rotatable bonds is 2. The van der Waals surface area contributed by atoms with Crippen molar-refractivity contribution in [2.75, 3.05) is 25.0 Å². The van der Waals surface area contributed by atoms with Crippen LogP contribution in [-0.2, 0) is 0 Å². The fourth-order valence-electron chi connectivity index (χ4n) is 1.79. The van der Waals surface area contributed by atoms with Gasteiger partial charge in [0, 0.05) is 37.2 Å². The lowest BCUT2D eigenvalue weighted by molar-refractivity contribution is 0.617. The average Bonchev–Trinajstić information content (AvgIpc) is 2.67. The van der Waals surface area contributed by atoms with Crippen LogP contribution in [0.3, 0.4) is 0 Å². The van der Waals surface area contributed by atoms with Gasteiger partial charge in [-0.25, -0.2) is 0 Å². The van der Waals surface area contributed by atoms with E-state index in [1.54, 1.807) is 0 Å². The number of aromatic nitrogens is 1. The van der Waals surface area contributed by atoms with Crippen LogP contribution >= 0.6 is 0 Å². The SMILES string of the molecule is CN[C@H]1CCN(c2ccncc2)C1. The van der Waals surface area contributed by atoms with Gasteiger partial charge < -0.3 is 10.2 Å². The molecule has 70 valence electrons. The number of anilines is 1. The first-order chi connectivity index (χ1) is 6.40. The predicted molar refractivity (Wildman–Crippen MR) is 53.9 cm³/mol. The molecule has 0 aliphatic carbocycles. The predicted octanol–water partition coefficient (Wildman–Crippen LogP) is 0.880. The van der Waals surface area contributed by atoms with Crippen molar-refractivity contribution in [2.45, 2.75) is 12.5 Å². The van der Waals surface area contributed by atoms with Crippen molar-refractivity contribution in [3.05, 3.63) is 24.5 Å². The third kappa shape index (κ3) is 1.80. The van der Waals surface area contributed by atoms with Gasteiger partial charge >= 0.3 is 0 Å². The highest BCUT2D eigenvalue weighted by Crippen LogP contribution is 2.18. The molecule has 1 aromatic heterocycles. The Morgan fingerprint density at radius 3 is 2.85 bits per heavy atom. The summed E-state index contributed by atoms with van der Waals surface area (Å²) in [5, 5.41) is 3.31. The normalized spacial score (nSPS) is 22.2. The van der Waals surface area contributed by atoms with Gasteiger partial charge in [0.15, 0.2) is 0 Å². The average molecular weight is 177 g/mol. The Morgan fingerprint density at radius 2 is 2.23 bits per heavy atom. The Morgan fingerprint density at radius 1 is 1.46 bits per heavy atom. The highest BCUT2D eigenvalue weighted by Gasteiger charge is 2.20. The number of nitrogens with one attached hydrogen (secondary N) is 1. The zero-order valence-electron chi connectivity index (χ0n) is 7.90. The number of likely N-dealkylation sites (N-methyl/N-ethyl adjacent to an activating group) is 1. The minimum atomic E-state index is 0.646. The molecule has 0 amide bonds. The smallest absolute Gasteiger partial charge is 0.0397 e. The highest BCUT2D eigenvalue weighted by molar-refractivity contribution is 5.45. The maximum Gasteiger partial charge on any atom is 0.0397 e. The van der Waals surface area contributed by atoms with Crippen LogP contribution in [-0.4, -0.2) is 31.2 Å². The second-order valence-electron chi connectivity index (χ2n) is 3.43. The molecule has 1 atom stereocenters. The van der Waals surface area contributed by atoms with Gasteiger partial charge in [-0.05, 0) is 25.6 Å². The second-order valence-corrected chi connectivity index (χ2v) is 3.43. The summed E-state index contributed by atoms with van der Waals surface area (Å²) in [6.45, 7) is 2.26. The van der Waals surface area contributed by atoms with Crippen LogP contribution in [0.2, 0.25) is 0 Å². The summed E-state index contributed by atoms with van der Waals surface area (Å²) in [5.74, 6) is 0. The summed E-state index contributed by atoms with van der Waals surface area (Å²) in [5.41, 5.74) is 1.28. The topological polar surface area (TPSA) is 28.2 Å². The fraction of sp³-hybridized carbons (Fsp3) is 0.500. The molecule has 0 bridgehead atoms. The number of pyridine rings is 1. The van der Waals surface area contributed by atoms with E-state index in [-0.39, 0.29) is 0 Å². The summed E-state index contributed by atoms with van der Waals surface area (Å²) >= 11 is 0. The van der Waals surface area contributed by atoms with Gasteiger partial charge in [0.1, 0.15) is 0 Å². The first-order valence-corrected chi connectivity index (χ1v) is 4.72. The molecule has 2 heterocycles. The first-order valence-electron chi connectivity index (χ1n) is 4.72. The quantitative estimate of drug-likeness (QED) is 0.727. The molecule has 3 nitrogen and oxygen atoms in total. The number of hydrogen-bond acceptors (Lipinski definition) is 3. The zero-order valence-corrected chi connectivity index (χ0v) is 7.90. The largest absolute Gasteiger partial charge is 0.370 e. The monoisotopic (exact) mass is 177 g/mol. The molecule has 0 spiro atoms. The Labute approximate surface area is 78.8 Å². The van der Waals surface area contributed by atoms with Gasteiger partial charge in [-0.3, -0.25) is 4.98 Å². The molecule has 1 fully saturated rings. The maximum absolute atomic E-state index is 4.01. The van der Waals surface area contributed by atoms with E-state index in [9.17, 15) is 0 Å². The van der Waals surface area contributed by atoms with Crippen LogP contribution in [0.1, 0.15) is 6.42 Å². The molecule has 1 aliphatic rings. The molecule has 1 aliphatic heterocycles. The van der Waals surface area contributed by atoms with Crippen molar-refractivity contribution in [1.29, 1.82) is 0 Å². The summed E-state index contributed by atoms with van der Waals surface area (Å²) in [7, 11) is 2.03. The van der Waals surface area contributed by atoms with Crippen molar-refractivity contribution < 1.29 is 0 Å². The van der Waals surface area contributed by atoms with Gasteiger partial charge in [0.25, 0.3) is 0 Å². The molecule has 3 heteroatoms. The molecule has 1 saturated heterocycles. The van der Waals surface area contributed by atoms with Crippen molar-refractivity contribution in [1.82, 2.24) is 10.3 Å². The summed E-state index contributed by atoms with van der Waals surface area (Å²) in [4.78, 5) is 6.41. The van der Waals surface area contributed by atoms with E-state index in [0.717, 1.165) is 13.1 Å². The maximum atomic E-state index is 4.01. The van der Waals surface area contributed by atoms with E-state index in [1.807, 2.05) is 19.4 Å². The molecule has 2 rings (SSSR count). The third-order valence-corrected chi connectivity index (χ3v) is 2.62. The van der Waals surface area contributed by atoms with E-state index in [2.05, 4.69) is 27.3 Å². The van der Waals surface area contributed by atoms with Crippen molar-refractivity contribution >= 4 is 5.69 Å². The Balaban J connectivity index is 2.04. The van der Waals surface area contributed by atoms with Gasteiger partial charge in [-0.1, -0.05) is 0 Å². The summed E-state index contributed by atoms with van der Waals surface area (Å²) < 4.78 is 0. The van der Waals surface area contributed by atoms with Crippen LogP contribution in [0.25, 0.3) is 0 Å². The lowest BCUT2D eigenvalue weighted by atomic mass is 10.3. The molecule has 13 heavy (non-hydrogen) atoms. The molecule has 0 radical (unpaired) electrons. The van der Waals surface area contributed by atoms with E-state index < -0.39 is 0 Å². The zero-order chi connectivity index (χ0) is 9.10. The van der Waals surface area contributed by atoms with E-state index in [1.165, 1.54) is 12.1 Å². The molecule has 0 saturated carbocycles. The third-order valence-electron chi connectivity index (χ3n) is 2.62. The van der Waals surface area contributed by atoms with Crippen LogP contribution in [0.15, 0.2) is 24.5 Å². The van der Waals surface area contributed by atoms with Crippen molar-refractivity contribution in [3.63, 3.8) is 0 Å². The van der Waals surface area contributed by atoms with Crippen LogP contribution in [0.5, 0.6) is 0 Å². The van der Waals surface area contributed by atoms with E-state index >= 15 is 0 Å². The van der Waals surface area contributed by atoms with Crippen LogP contribution < -0.4 is 10.2 Å².